The van der Waals surface area contributed by atoms with E-state index in [9.17, 15) is 18.0 Å². The van der Waals surface area contributed by atoms with Crippen LogP contribution >= 0.6 is 0 Å². The molecule has 0 spiro atoms. The minimum Gasteiger partial charge on any atom is -0.388 e. The third-order valence-corrected chi connectivity index (χ3v) is 4.79. The molecule has 4 nitrogen and oxygen atoms in total. The molecule has 33 heavy (non-hydrogen) atoms. The van der Waals surface area contributed by atoms with E-state index in [-0.39, 0.29) is 5.56 Å². The van der Waals surface area contributed by atoms with Crippen molar-refractivity contribution in [1.82, 2.24) is 9.97 Å². The molecule has 0 bridgehead atoms. The molecule has 0 aliphatic rings. The fourth-order valence-electron chi connectivity index (χ4n) is 2.97. The number of rotatable bonds is 1. The van der Waals surface area contributed by atoms with Crippen molar-refractivity contribution < 1.29 is 13.2 Å². The smallest absolute Gasteiger partial charge is 0.388 e. The second-order valence-corrected chi connectivity index (χ2v) is 7.38. The van der Waals surface area contributed by atoms with E-state index >= 15 is 0 Å². The zero-order valence-electron chi connectivity index (χ0n) is 18.3. The van der Waals surface area contributed by atoms with Crippen LogP contribution < -0.4 is 10.9 Å². The molecule has 168 valence electrons. The van der Waals surface area contributed by atoms with Gasteiger partial charge in [-0.25, -0.2) is 4.98 Å². The number of H-pyrrole nitrogens is 1. The van der Waals surface area contributed by atoms with E-state index in [2.05, 4.69) is 52.2 Å². The van der Waals surface area contributed by atoms with Crippen molar-refractivity contribution in [2.75, 3.05) is 12.4 Å². The molecule has 4 aromatic rings. The summed E-state index contributed by atoms with van der Waals surface area (Å²) in [6.45, 7) is 4.10. The number of aromatic amines is 1. The second kappa shape index (κ2) is 10.0. The number of halogens is 3. The quantitative estimate of drug-likeness (QED) is 0.367. The topological polar surface area (TPSA) is 57.8 Å². The Labute approximate surface area is 189 Å². The van der Waals surface area contributed by atoms with Crippen LogP contribution in [0.25, 0.3) is 11.0 Å². The van der Waals surface area contributed by atoms with Gasteiger partial charge in [0.2, 0.25) is 5.56 Å². The van der Waals surface area contributed by atoms with Crippen LogP contribution in [0.1, 0.15) is 27.8 Å². The van der Waals surface area contributed by atoms with Crippen molar-refractivity contribution in [1.29, 1.82) is 0 Å². The summed E-state index contributed by atoms with van der Waals surface area (Å²) in [7, 11) is 1.58. The lowest BCUT2D eigenvalue weighted by Crippen LogP contribution is -2.04. The fourth-order valence-corrected chi connectivity index (χ4v) is 2.97. The minimum atomic E-state index is -4.26. The van der Waals surface area contributed by atoms with Crippen LogP contribution in [0.4, 0.5) is 18.9 Å². The first-order valence-electron chi connectivity index (χ1n) is 10.1. The van der Waals surface area contributed by atoms with Gasteiger partial charge in [0.1, 0.15) is 5.65 Å². The molecule has 0 saturated heterocycles. The highest BCUT2D eigenvalue weighted by atomic mass is 19.4. The van der Waals surface area contributed by atoms with Crippen molar-refractivity contribution in [2.45, 2.75) is 20.0 Å². The zero-order valence-corrected chi connectivity index (χ0v) is 18.3. The van der Waals surface area contributed by atoms with Gasteiger partial charge in [0.05, 0.1) is 5.56 Å². The van der Waals surface area contributed by atoms with E-state index in [1.165, 1.54) is 17.7 Å². The molecule has 0 radical (unpaired) electrons. The number of hydrogen-bond donors (Lipinski definition) is 2. The number of alkyl halides is 3. The van der Waals surface area contributed by atoms with E-state index in [4.69, 9.17) is 0 Å². The van der Waals surface area contributed by atoms with Crippen LogP contribution in [0.15, 0.2) is 71.7 Å². The van der Waals surface area contributed by atoms with E-state index in [0.717, 1.165) is 34.2 Å². The number of anilines is 1. The Hall–Kier alpha value is -4.05. The van der Waals surface area contributed by atoms with Gasteiger partial charge in [-0.05, 0) is 61.4 Å². The molecule has 2 aromatic carbocycles. The maximum atomic E-state index is 12.1. The van der Waals surface area contributed by atoms with Gasteiger partial charge in [-0.2, -0.15) is 13.2 Å². The van der Waals surface area contributed by atoms with Gasteiger partial charge in [-0.1, -0.05) is 30.0 Å². The first kappa shape index (κ1) is 23.6. The van der Waals surface area contributed by atoms with Crippen LogP contribution in [0.3, 0.4) is 0 Å². The summed E-state index contributed by atoms with van der Waals surface area (Å²) in [4.78, 5) is 18.2. The molecule has 0 fully saturated rings. The lowest BCUT2D eigenvalue weighted by molar-refractivity contribution is -0.137. The third-order valence-electron chi connectivity index (χ3n) is 4.79. The molecule has 0 unspecified atom stereocenters. The largest absolute Gasteiger partial charge is 0.416 e. The van der Waals surface area contributed by atoms with Crippen molar-refractivity contribution in [3.63, 3.8) is 0 Å². The number of nitrogens with zero attached hydrogens (tertiary/aromatic N) is 1. The summed E-state index contributed by atoms with van der Waals surface area (Å²) in [5.74, 6) is 6.32. The Morgan fingerprint density at radius 1 is 0.970 bits per heavy atom. The zero-order chi connectivity index (χ0) is 24.0. The molecule has 7 heteroatoms. The van der Waals surface area contributed by atoms with Crippen LogP contribution in [0.2, 0.25) is 0 Å². The fraction of sp³-hybridized carbons (Fsp3) is 0.154. The number of hydrogen-bond acceptors (Lipinski definition) is 3. The van der Waals surface area contributed by atoms with Crippen LogP contribution in [-0.4, -0.2) is 17.0 Å². The standard InChI is InChI=1S/C18H14N2O.C8H8F3N/c1-12-3-4-13(2)15(9-12)6-5-14-10-16-7-8-17(21)20-18(16)19-11-14;1-12-7-4-2-3-6(5-7)8(9,10)11/h3-4,7-11H,1-2H3,(H,19,20,21);2-5,12H,1H3. The number of fused-ring (bicyclic) bond motifs is 1. The molecule has 0 aliphatic heterocycles. The molecule has 0 amide bonds. The summed E-state index contributed by atoms with van der Waals surface area (Å²) in [6.07, 6.45) is -2.58. The minimum absolute atomic E-state index is 0.149. The third kappa shape index (κ3) is 6.47. The summed E-state index contributed by atoms with van der Waals surface area (Å²) in [5.41, 5.74) is 4.47. The summed E-state index contributed by atoms with van der Waals surface area (Å²) < 4.78 is 36.2. The van der Waals surface area contributed by atoms with E-state index < -0.39 is 11.7 Å². The van der Waals surface area contributed by atoms with Gasteiger partial charge < -0.3 is 10.3 Å². The Bertz CT molecular complexity index is 1400. The van der Waals surface area contributed by atoms with Gasteiger partial charge >= 0.3 is 6.18 Å². The second-order valence-electron chi connectivity index (χ2n) is 7.38. The van der Waals surface area contributed by atoms with Crippen LogP contribution in [0.5, 0.6) is 0 Å². The summed E-state index contributed by atoms with van der Waals surface area (Å²) >= 11 is 0. The molecular weight excluding hydrogens is 427 g/mol. The lowest BCUT2D eigenvalue weighted by atomic mass is 10.1. The average molecular weight is 449 g/mol. The van der Waals surface area contributed by atoms with Crippen molar-refractivity contribution >= 4 is 16.7 Å². The molecule has 2 heterocycles. The van der Waals surface area contributed by atoms with E-state index in [1.807, 2.05) is 13.0 Å². The van der Waals surface area contributed by atoms with Gasteiger partial charge in [0, 0.05) is 41.5 Å². The van der Waals surface area contributed by atoms with Crippen molar-refractivity contribution in [2.24, 2.45) is 0 Å². The Balaban J connectivity index is 0.000000218. The number of pyridine rings is 2. The summed E-state index contributed by atoms with van der Waals surface area (Å²) in [6, 6.07) is 16.5. The van der Waals surface area contributed by atoms with Crippen LogP contribution in [0, 0.1) is 25.7 Å². The predicted molar refractivity (Wildman–Crippen MR) is 125 cm³/mol. The SMILES string of the molecule is CNc1cccc(C(F)(F)F)c1.Cc1ccc(C)c(C#Cc2cnc3[nH]c(=O)ccc3c2)c1. The molecule has 0 atom stereocenters. The monoisotopic (exact) mass is 449 g/mol. The Kier molecular flexibility index (Phi) is 7.19. The predicted octanol–water partition coefficient (Wildman–Crippen LogP) is 5.69. The highest BCUT2D eigenvalue weighted by Crippen LogP contribution is 2.30. The highest BCUT2D eigenvalue weighted by molar-refractivity contribution is 5.75. The number of nitrogens with one attached hydrogen (secondary N) is 2. The summed E-state index contributed by atoms with van der Waals surface area (Å²) in [5, 5.41) is 3.52. The van der Waals surface area contributed by atoms with Crippen LogP contribution in [-0.2, 0) is 6.18 Å². The maximum absolute atomic E-state index is 12.1. The first-order valence-corrected chi connectivity index (χ1v) is 10.1. The van der Waals surface area contributed by atoms with Crippen molar-refractivity contribution in [3.8, 4) is 11.8 Å². The van der Waals surface area contributed by atoms with E-state index in [0.29, 0.717) is 11.3 Å². The molecular formula is C26H22F3N3O. The molecule has 0 saturated carbocycles. The number of aromatic nitrogens is 2. The molecule has 0 aliphatic carbocycles. The molecule has 2 aromatic heterocycles. The van der Waals surface area contributed by atoms with Gasteiger partial charge in [-0.15, -0.1) is 0 Å². The lowest BCUT2D eigenvalue weighted by Gasteiger charge is -2.07. The number of benzene rings is 2. The Morgan fingerprint density at radius 2 is 1.76 bits per heavy atom. The normalized spacial score (nSPS) is 10.6. The average Bonchev–Trinajstić information content (AvgIpc) is 2.79. The number of aryl methyl sites for hydroxylation is 2. The Morgan fingerprint density at radius 3 is 2.48 bits per heavy atom. The maximum Gasteiger partial charge on any atom is 0.416 e. The molecule has 4 rings (SSSR count). The van der Waals surface area contributed by atoms with E-state index in [1.54, 1.807) is 25.4 Å². The van der Waals surface area contributed by atoms with Gasteiger partial charge in [0.25, 0.3) is 0 Å². The first-order chi connectivity index (χ1) is 15.7. The van der Waals surface area contributed by atoms with Gasteiger partial charge in [-0.3, -0.25) is 4.79 Å². The highest BCUT2D eigenvalue weighted by Gasteiger charge is 2.30. The van der Waals surface area contributed by atoms with Gasteiger partial charge in [0.15, 0.2) is 0 Å². The molecule has 2 N–H and O–H groups in total. The van der Waals surface area contributed by atoms with Crippen molar-refractivity contribution in [3.05, 3.63) is 105 Å².